The van der Waals surface area contributed by atoms with Gasteiger partial charge in [0.15, 0.2) is 5.82 Å². The summed E-state index contributed by atoms with van der Waals surface area (Å²) in [7, 11) is 0. The highest BCUT2D eigenvalue weighted by Crippen LogP contribution is 2.33. The van der Waals surface area contributed by atoms with Gasteiger partial charge in [0.2, 0.25) is 5.88 Å². The molecule has 0 amide bonds. The number of alkyl halides is 6. The van der Waals surface area contributed by atoms with Crippen LogP contribution in [0.1, 0.15) is 25.2 Å². The van der Waals surface area contributed by atoms with Crippen LogP contribution in [0.3, 0.4) is 0 Å². The zero-order valence-corrected chi connectivity index (χ0v) is 16.7. The maximum atomic E-state index is 12.8. The van der Waals surface area contributed by atoms with Crippen LogP contribution in [-0.2, 0) is 6.18 Å². The van der Waals surface area contributed by atoms with Crippen molar-refractivity contribution in [2.75, 3.05) is 0 Å². The minimum atomic E-state index is -4.52. The fourth-order valence-corrected chi connectivity index (χ4v) is 2.69. The van der Waals surface area contributed by atoms with Crippen molar-refractivity contribution < 1.29 is 31.1 Å². The molecule has 32 heavy (non-hydrogen) atoms. The second kappa shape index (κ2) is 8.93. The van der Waals surface area contributed by atoms with E-state index in [-0.39, 0.29) is 34.8 Å². The van der Waals surface area contributed by atoms with E-state index in [0.717, 1.165) is 24.3 Å². The molecule has 168 valence electrons. The summed E-state index contributed by atoms with van der Waals surface area (Å²) >= 11 is 0. The Bertz CT molecular complexity index is 1090. The molecule has 0 spiro atoms. The third-order valence-electron chi connectivity index (χ3n) is 4.19. The summed E-state index contributed by atoms with van der Waals surface area (Å²) in [6.45, 7) is 3.18. The maximum Gasteiger partial charge on any atom is 0.416 e. The van der Waals surface area contributed by atoms with Crippen molar-refractivity contribution in [1.29, 1.82) is 0 Å². The molecule has 0 N–H and O–H groups in total. The van der Waals surface area contributed by atoms with Crippen LogP contribution in [0.4, 0.5) is 26.3 Å². The van der Waals surface area contributed by atoms with Crippen molar-refractivity contribution >= 4 is 5.57 Å². The third kappa shape index (κ3) is 5.80. The summed E-state index contributed by atoms with van der Waals surface area (Å²) in [6, 6.07) is 4.00. The van der Waals surface area contributed by atoms with Crippen molar-refractivity contribution in [3.63, 3.8) is 0 Å². The minimum Gasteiger partial charge on any atom is -0.437 e. The molecule has 5 nitrogen and oxygen atoms in total. The normalized spacial score (nSPS) is 12.8. The van der Waals surface area contributed by atoms with Crippen LogP contribution < -0.4 is 4.74 Å². The van der Waals surface area contributed by atoms with Gasteiger partial charge in [0, 0.05) is 42.0 Å². The summed E-state index contributed by atoms with van der Waals surface area (Å²) < 4.78 is 82.2. The highest BCUT2D eigenvalue weighted by Gasteiger charge is 2.30. The molecule has 0 radical (unpaired) electrons. The van der Waals surface area contributed by atoms with Crippen LogP contribution in [0.5, 0.6) is 11.6 Å². The fraction of sp³-hybridized carbons (Fsp3) is 0.238. The highest BCUT2D eigenvalue weighted by molar-refractivity contribution is 5.66. The molecule has 3 aromatic rings. The minimum absolute atomic E-state index is 0.0291. The molecule has 0 aliphatic heterocycles. The Hall–Kier alpha value is -3.50. The van der Waals surface area contributed by atoms with Gasteiger partial charge in [-0.15, -0.1) is 0 Å². The van der Waals surface area contributed by atoms with Crippen LogP contribution in [0.2, 0.25) is 0 Å². The molecule has 0 atom stereocenters. The highest BCUT2D eigenvalue weighted by atomic mass is 19.4. The van der Waals surface area contributed by atoms with E-state index in [1.165, 1.54) is 24.8 Å². The predicted octanol–water partition coefficient (Wildman–Crippen LogP) is 6.35. The van der Waals surface area contributed by atoms with Crippen molar-refractivity contribution in [2.45, 2.75) is 26.2 Å². The van der Waals surface area contributed by atoms with Crippen LogP contribution in [-0.4, -0.2) is 26.1 Å². The second-order valence-electron chi connectivity index (χ2n) is 6.93. The number of allylic oxidation sites excluding steroid dienone is 2. The summed E-state index contributed by atoms with van der Waals surface area (Å²) in [4.78, 5) is 16.2. The van der Waals surface area contributed by atoms with E-state index in [9.17, 15) is 26.3 Å². The monoisotopic (exact) mass is 454 g/mol. The smallest absolute Gasteiger partial charge is 0.416 e. The molecule has 0 saturated heterocycles. The summed E-state index contributed by atoms with van der Waals surface area (Å²) in [6.07, 6.45) is -3.61. The number of hydrogen-bond acceptors (Lipinski definition) is 5. The van der Waals surface area contributed by atoms with Gasteiger partial charge in [0.05, 0.1) is 5.56 Å². The third-order valence-corrected chi connectivity index (χ3v) is 4.19. The molecule has 11 heteroatoms. The van der Waals surface area contributed by atoms with Crippen molar-refractivity contribution in [2.24, 2.45) is 5.92 Å². The first kappa shape index (κ1) is 23.2. The molecule has 0 saturated carbocycles. The first-order chi connectivity index (χ1) is 14.9. The van der Waals surface area contributed by atoms with Gasteiger partial charge in [-0.2, -0.15) is 26.3 Å². The lowest BCUT2D eigenvalue weighted by molar-refractivity contribution is -0.137. The molecular weight excluding hydrogens is 438 g/mol. The average Bonchev–Trinajstić information content (AvgIpc) is 2.72. The molecule has 3 rings (SSSR count). The van der Waals surface area contributed by atoms with Gasteiger partial charge in [-0.25, -0.2) is 19.9 Å². The first-order valence-corrected chi connectivity index (χ1v) is 9.22. The number of hydrogen-bond donors (Lipinski definition) is 0. The van der Waals surface area contributed by atoms with E-state index in [1.807, 2.05) is 0 Å². The Labute approximate surface area is 178 Å². The lowest BCUT2D eigenvalue weighted by Gasteiger charge is -2.13. The molecule has 0 fully saturated rings. The largest absolute Gasteiger partial charge is 0.437 e. The molecular formula is C21H16F6N4O. The second-order valence-corrected chi connectivity index (χ2v) is 6.93. The zero-order valence-electron chi connectivity index (χ0n) is 16.7. The molecule has 0 aliphatic rings. The fourth-order valence-electron chi connectivity index (χ4n) is 2.69. The van der Waals surface area contributed by atoms with E-state index in [4.69, 9.17) is 4.74 Å². The molecule has 2 heterocycles. The maximum absolute atomic E-state index is 12.8. The summed E-state index contributed by atoms with van der Waals surface area (Å²) in [5.41, 5.74) is -0.436. The SMILES string of the molecule is CC(C)/C(=C\C(F)(F)F)c1ncc(-c2nccnc2Oc2ccc(C(F)(F)F)cc2)cn1. The van der Waals surface area contributed by atoms with Gasteiger partial charge in [0.25, 0.3) is 0 Å². The number of halogens is 6. The lowest BCUT2D eigenvalue weighted by atomic mass is 10.0. The molecule has 0 bridgehead atoms. The number of benzene rings is 1. The topological polar surface area (TPSA) is 60.8 Å². The van der Waals surface area contributed by atoms with Crippen LogP contribution in [0.15, 0.2) is 55.1 Å². The van der Waals surface area contributed by atoms with Gasteiger partial charge in [-0.3, -0.25) is 0 Å². The van der Waals surface area contributed by atoms with Gasteiger partial charge in [-0.1, -0.05) is 13.8 Å². The Morgan fingerprint density at radius 2 is 1.47 bits per heavy atom. The summed E-state index contributed by atoms with van der Waals surface area (Å²) in [5, 5.41) is 0. The average molecular weight is 454 g/mol. The van der Waals surface area contributed by atoms with Gasteiger partial charge in [-0.05, 0) is 30.2 Å². The molecule has 1 aromatic carbocycles. The van der Waals surface area contributed by atoms with E-state index in [1.54, 1.807) is 13.8 Å². The molecule has 0 unspecified atom stereocenters. The zero-order chi connectivity index (χ0) is 23.5. The number of nitrogens with zero attached hydrogens (tertiary/aromatic N) is 4. The van der Waals surface area contributed by atoms with Crippen LogP contribution >= 0.6 is 0 Å². The van der Waals surface area contributed by atoms with Crippen molar-refractivity contribution in [3.8, 4) is 22.9 Å². The van der Waals surface area contributed by atoms with Crippen LogP contribution in [0.25, 0.3) is 16.8 Å². The summed E-state index contributed by atoms with van der Waals surface area (Å²) in [5.74, 6) is -0.501. The van der Waals surface area contributed by atoms with Gasteiger partial charge in [0.1, 0.15) is 11.4 Å². The molecule has 2 aromatic heterocycles. The van der Waals surface area contributed by atoms with Crippen molar-refractivity contribution in [1.82, 2.24) is 19.9 Å². The Balaban J connectivity index is 1.89. The number of aromatic nitrogens is 4. The predicted molar refractivity (Wildman–Crippen MR) is 103 cm³/mol. The first-order valence-electron chi connectivity index (χ1n) is 9.22. The van der Waals surface area contributed by atoms with Gasteiger partial charge < -0.3 is 4.74 Å². The van der Waals surface area contributed by atoms with E-state index >= 15 is 0 Å². The Morgan fingerprint density at radius 3 is 2.00 bits per heavy atom. The Kier molecular flexibility index (Phi) is 6.47. The van der Waals surface area contributed by atoms with E-state index in [2.05, 4.69) is 19.9 Å². The Morgan fingerprint density at radius 1 is 0.875 bits per heavy atom. The number of ether oxygens (including phenoxy) is 1. The number of rotatable bonds is 5. The lowest BCUT2D eigenvalue weighted by Crippen LogP contribution is -2.08. The molecule has 0 aliphatic carbocycles. The quantitative estimate of drug-likeness (QED) is 0.421. The van der Waals surface area contributed by atoms with Gasteiger partial charge >= 0.3 is 12.4 Å². The standard InChI is InChI=1S/C21H16F6N4O/c1-12(2)16(9-20(22,23)24)18-30-10-13(11-31-18)17-19(29-8-7-28-17)32-15-5-3-14(4-6-15)21(25,26)27/h3-12H,1-2H3/b16-9+. The van der Waals surface area contributed by atoms with E-state index in [0.29, 0.717) is 5.56 Å². The van der Waals surface area contributed by atoms with E-state index < -0.39 is 23.8 Å². The van der Waals surface area contributed by atoms with Crippen molar-refractivity contribution in [3.05, 3.63) is 66.5 Å². The van der Waals surface area contributed by atoms with Crippen LogP contribution in [0, 0.1) is 5.92 Å².